The molecular formula is C17H23NO3. The molecular weight excluding hydrogens is 266 g/mol. The van der Waals surface area contributed by atoms with Gasteiger partial charge in [-0.15, -0.1) is 0 Å². The maximum absolute atomic E-state index is 12.6. The van der Waals surface area contributed by atoms with E-state index in [-0.39, 0.29) is 11.8 Å². The minimum absolute atomic E-state index is 0.0739. The smallest absolute Gasteiger partial charge is 0.229 e. The van der Waals surface area contributed by atoms with E-state index in [0.29, 0.717) is 13.2 Å². The second-order valence-electron chi connectivity index (χ2n) is 6.45. The first-order chi connectivity index (χ1) is 10.1. The van der Waals surface area contributed by atoms with Crippen molar-refractivity contribution in [1.29, 1.82) is 0 Å². The summed E-state index contributed by atoms with van der Waals surface area (Å²) in [6.45, 7) is 0.864. The van der Waals surface area contributed by atoms with Crippen molar-refractivity contribution in [3.8, 4) is 5.75 Å². The lowest BCUT2D eigenvalue weighted by molar-refractivity contribution is -0.138. The molecule has 1 aliphatic carbocycles. The predicted octanol–water partition coefficient (Wildman–Crippen LogP) is 2.00. The SMILES string of the molecule is CN(CC1(O)CCCC1)C(=O)C1COc2ccccc2C1. The maximum atomic E-state index is 12.6. The zero-order chi connectivity index (χ0) is 14.9. The van der Waals surface area contributed by atoms with E-state index in [1.807, 2.05) is 24.3 Å². The molecule has 1 aromatic rings. The highest BCUT2D eigenvalue weighted by Gasteiger charge is 2.35. The van der Waals surface area contributed by atoms with Crippen LogP contribution in [0.4, 0.5) is 0 Å². The number of aliphatic hydroxyl groups is 1. The highest BCUT2D eigenvalue weighted by molar-refractivity contribution is 5.79. The number of likely N-dealkylation sites (N-methyl/N-ethyl adjacent to an activating group) is 1. The first-order valence-electron chi connectivity index (χ1n) is 7.75. The average molecular weight is 289 g/mol. The molecule has 1 aliphatic heterocycles. The van der Waals surface area contributed by atoms with Crippen LogP contribution in [0.2, 0.25) is 0 Å². The second kappa shape index (κ2) is 5.68. The lowest BCUT2D eigenvalue weighted by atomic mass is 9.94. The normalized spacial score (nSPS) is 23.2. The van der Waals surface area contributed by atoms with Crippen LogP contribution in [0.15, 0.2) is 24.3 Å². The quantitative estimate of drug-likeness (QED) is 0.926. The van der Waals surface area contributed by atoms with E-state index >= 15 is 0 Å². The van der Waals surface area contributed by atoms with Crippen LogP contribution < -0.4 is 4.74 Å². The summed E-state index contributed by atoms with van der Waals surface area (Å²) in [5, 5.41) is 10.4. The van der Waals surface area contributed by atoms with Crippen LogP contribution >= 0.6 is 0 Å². The van der Waals surface area contributed by atoms with Crippen LogP contribution in [0.3, 0.4) is 0 Å². The number of nitrogens with zero attached hydrogens (tertiary/aromatic N) is 1. The maximum Gasteiger partial charge on any atom is 0.229 e. The minimum atomic E-state index is -0.683. The largest absolute Gasteiger partial charge is 0.492 e. The third-order valence-electron chi connectivity index (χ3n) is 4.67. The van der Waals surface area contributed by atoms with Crippen LogP contribution in [-0.2, 0) is 11.2 Å². The third kappa shape index (κ3) is 3.05. The molecule has 21 heavy (non-hydrogen) atoms. The topological polar surface area (TPSA) is 49.8 Å². The van der Waals surface area contributed by atoms with Crippen molar-refractivity contribution in [3.05, 3.63) is 29.8 Å². The molecule has 1 heterocycles. The van der Waals surface area contributed by atoms with E-state index in [0.717, 1.165) is 43.4 Å². The van der Waals surface area contributed by atoms with Gasteiger partial charge in [-0.3, -0.25) is 4.79 Å². The second-order valence-corrected chi connectivity index (χ2v) is 6.45. The number of benzene rings is 1. The Kier molecular flexibility index (Phi) is 3.89. The Morgan fingerprint density at radius 2 is 2.10 bits per heavy atom. The summed E-state index contributed by atoms with van der Waals surface area (Å²) in [4.78, 5) is 14.3. The van der Waals surface area contributed by atoms with Crippen LogP contribution in [0.1, 0.15) is 31.2 Å². The van der Waals surface area contributed by atoms with Gasteiger partial charge in [0.05, 0.1) is 11.5 Å². The molecule has 3 rings (SSSR count). The van der Waals surface area contributed by atoms with Crippen molar-refractivity contribution in [1.82, 2.24) is 4.90 Å². The lowest BCUT2D eigenvalue weighted by Crippen LogP contribution is -2.46. The van der Waals surface area contributed by atoms with Gasteiger partial charge in [-0.2, -0.15) is 0 Å². The fourth-order valence-electron chi connectivity index (χ4n) is 3.51. The number of fused-ring (bicyclic) bond motifs is 1. The molecule has 1 aromatic carbocycles. The highest BCUT2D eigenvalue weighted by Crippen LogP contribution is 2.31. The molecule has 114 valence electrons. The molecule has 1 saturated carbocycles. The van der Waals surface area contributed by atoms with Crippen molar-refractivity contribution < 1.29 is 14.6 Å². The average Bonchev–Trinajstić information content (AvgIpc) is 2.92. The summed E-state index contributed by atoms with van der Waals surface area (Å²) in [5.41, 5.74) is 0.410. The monoisotopic (exact) mass is 289 g/mol. The molecule has 1 atom stereocenters. The molecule has 1 N–H and O–H groups in total. The van der Waals surface area contributed by atoms with Crippen molar-refractivity contribution >= 4 is 5.91 Å². The number of carbonyl (C=O) groups is 1. The van der Waals surface area contributed by atoms with Gasteiger partial charge in [0, 0.05) is 13.6 Å². The van der Waals surface area contributed by atoms with Crippen molar-refractivity contribution in [2.75, 3.05) is 20.2 Å². The van der Waals surface area contributed by atoms with Crippen LogP contribution in [0.25, 0.3) is 0 Å². The summed E-state index contributed by atoms with van der Waals surface area (Å²) >= 11 is 0. The van der Waals surface area contributed by atoms with Gasteiger partial charge in [0.2, 0.25) is 5.91 Å². The predicted molar refractivity (Wildman–Crippen MR) is 80.2 cm³/mol. The molecule has 1 amide bonds. The van der Waals surface area contributed by atoms with Gasteiger partial charge >= 0.3 is 0 Å². The number of carbonyl (C=O) groups excluding carboxylic acids is 1. The fraction of sp³-hybridized carbons (Fsp3) is 0.588. The van der Waals surface area contributed by atoms with Gasteiger partial charge < -0.3 is 14.7 Å². The van der Waals surface area contributed by atoms with Crippen molar-refractivity contribution in [3.63, 3.8) is 0 Å². The molecule has 0 saturated heterocycles. The molecule has 1 fully saturated rings. The zero-order valence-electron chi connectivity index (χ0n) is 12.5. The molecule has 0 spiro atoms. The number of ether oxygens (including phenoxy) is 1. The van der Waals surface area contributed by atoms with Gasteiger partial charge in [0.15, 0.2) is 0 Å². The number of rotatable bonds is 3. The van der Waals surface area contributed by atoms with E-state index in [1.54, 1.807) is 11.9 Å². The zero-order valence-corrected chi connectivity index (χ0v) is 12.5. The molecule has 1 unspecified atom stereocenters. The standard InChI is InChI=1S/C17H23NO3/c1-18(12-17(20)8-4-5-9-17)16(19)14-10-13-6-2-3-7-15(13)21-11-14/h2-3,6-7,14,20H,4-5,8-12H2,1H3. The first kappa shape index (κ1) is 14.4. The minimum Gasteiger partial charge on any atom is -0.492 e. The van der Waals surface area contributed by atoms with Gasteiger partial charge in [-0.05, 0) is 30.9 Å². The van der Waals surface area contributed by atoms with E-state index < -0.39 is 5.60 Å². The Balaban J connectivity index is 1.63. The number of amides is 1. The summed E-state index contributed by atoms with van der Waals surface area (Å²) in [6.07, 6.45) is 4.43. The van der Waals surface area contributed by atoms with Gasteiger partial charge in [-0.25, -0.2) is 0 Å². The first-order valence-corrected chi connectivity index (χ1v) is 7.75. The summed E-state index contributed by atoms with van der Waals surface area (Å²) < 4.78 is 5.69. The molecule has 4 heteroatoms. The number of para-hydroxylation sites is 1. The third-order valence-corrected chi connectivity index (χ3v) is 4.67. The number of hydrogen-bond acceptors (Lipinski definition) is 3. The molecule has 0 radical (unpaired) electrons. The van der Waals surface area contributed by atoms with Gasteiger partial charge in [0.25, 0.3) is 0 Å². The van der Waals surface area contributed by atoms with E-state index in [2.05, 4.69) is 0 Å². The van der Waals surface area contributed by atoms with Crippen molar-refractivity contribution in [2.45, 2.75) is 37.7 Å². The molecule has 4 nitrogen and oxygen atoms in total. The Hall–Kier alpha value is -1.55. The van der Waals surface area contributed by atoms with Gasteiger partial charge in [0.1, 0.15) is 12.4 Å². The molecule has 2 aliphatic rings. The summed E-state index contributed by atoms with van der Waals surface area (Å²) in [5.74, 6) is 0.818. The van der Waals surface area contributed by atoms with Crippen LogP contribution in [0.5, 0.6) is 5.75 Å². The number of hydrogen-bond donors (Lipinski definition) is 1. The van der Waals surface area contributed by atoms with E-state index in [1.165, 1.54) is 0 Å². The Morgan fingerprint density at radius 3 is 2.86 bits per heavy atom. The summed E-state index contributed by atoms with van der Waals surface area (Å²) in [6, 6.07) is 7.88. The fourth-order valence-corrected chi connectivity index (χ4v) is 3.51. The highest BCUT2D eigenvalue weighted by atomic mass is 16.5. The Labute approximate surface area is 125 Å². The molecule has 0 bridgehead atoms. The van der Waals surface area contributed by atoms with E-state index in [4.69, 9.17) is 4.74 Å². The van der Waals surface area contributed by atoms with Crippen molar-refractivity contribution in [2.24, 2.45) is 5.92 Å². The van der Waals surface area contributed by atoms with E-state index in [9.17, 15) is 9.90 Å². The lowest BCUT2D eigenvalue weighted by Gasteiger charge is -2.32. The summed E-state index contributed by atoms with van der Waals surface area (Å²) in [7, 11) is 1.79. The Morgan fingerprint density at radius 1 is 1.38 bits per heavy atom. The molecule has 0 aromatic heterocycles. The van der Waals surface area contributed by atoms with Crippen LogP contribution in [0, 0.1) is 5.92 Å². The van der Waals surface area contributed by atoms with Gasteiger partial charge in [-0.1, -0.05) is 31.0 Å². The Bertz CT molecular complexity index is 523. The van der Waals surface area contributed by atoms with Crippen LogP contribution in [-0.4, -0.2) is 41.7 Å².